The van der Waals surface area contributed by atoms with E-state index in [2.05, 4.69) is 23.9 Å². The fraction of sp³-hybridized carbons (Fsp3) is 0.769. The highest BCUT2D eigenvalue weighted by Gasteiger charge is 2.23. The molecular formula is C13H23N3S. The van der Waals surface area contributed by atoms with Crippen molar-refractivity contribution in [3.05, 3.63) is 11.1 Å². The largest absolute Gasteiger partial charge is 0.375 e. The zero-order valence-corrected chi connectivity index (χ0v) is 11.7. The Labute approximate surface area is 108 Å². The molecule has 0 saturated heterocycles. The van der Waals surface area contributed by atoms with Crippen molar-refractivity contribution in [2.45, 2.75) is 51.6 Å². The van der Waals surface area contributed by atoms with Gasteiger partial charge in [-0.25, -0.2) is 4.98 Å². The Balaban J connectivity index is 1.87. The van der Waals surface area contributed by atoms with E-state index in [1.165, 1.54) is 37.0 Å². The zero-order chi connectivity index (χ0) is 12.3. The minimum Gasteiger partial charge on any atom is -0.375 e. The first-order chi connectivity index (χ1) is 8.16. The first kappa shape index (κ1) is 12.8. The van der Waals surface area contributed by atoms with Gasteiger partial charge >= 0.3 is 0 Å². The maximum absolute atomic E-state index is 5.66. The molecule has 1 saturated carbocycles. The number of hydrogen-bond acceptors (Lipinski definition) is 4. The van der Waals surface area contributed by atoms with Crippen LogP contribution in [0, 0.1) is 5.92 Å². The van der Waals surface area contributed by atoms with Crippen molar-refractivity contribution in [1.29, 1.82) is 0 Å². The maximum Gasteiger partial charge on any atom is 0.180 e. The average Bonchev–Trinajstić information content (AvgIpc) is 2.75. The molecule has 0 spiro atoms. The predicted molar refractivity (Wildman–Crippen MR) is 74.0 cm³/mol. The Kier molecular flexibility index (Phi) is 4.40. The van der Waals surface area contributed by atoms with E-state index < -0.39 is 0 Å². The van der Waals surface area contributed by atoms with Crippen molar-refractivity contribution in [3.63, 3.8) is 0 Å². The Morgan fingerprint density at radius 2 is 2.18 bits per heavy atom. The Hall–Kier alpha value is -0.610. The molecule has 3 nitrogen and oxygen atoms in total. The van der Waals surface area contributed by atoms with Crippen LogP contribution in [0.15, 0.2) is 6.20 Å². The second kappa shape index (κ2) is 5.83. The Morgan fingerprint density at radius 3 is 2.76 bits per heavy atom. The lowest BCUT2D eigenvalue weighted by Crippen LogP contribution is -2.35. The SMILES string of the molecule is C[C@@H](C1CCCCC1)N(C)Cc1cnc(N)s1. The number of nitrogens with zero attached hydrogens (tertiary/aromatic N) is 2. The zero-order valence-electron chi connectivity index (χ0n) is 10.9. The first-order valence-corrected chi connectivity index (χ1v) is 7.39. The molecule has 0 amide bonds. The number of aromatic nitrogens is 1. The molecule has 0 aliphatic heterocycles. The summed E-state index contributed by atoms with van der Waals surface area (Å²) in [5.74, 6) is 0.874. The van der Waals surface area contributed by atoms with Gasteiger partial charge in [0.15, 0.2) is 5.13 Å². The molecule has 0 bridgehead atoms. The van der Waals surface area contributed by atoms with E-state index in [1.54, 1.807) is 11.3 Å². The molecule has 0 radical (unpaired) electrons. The highest BCUT2D eigenvalue weighted by Crippen LogP contribution is 2.29. The van der Waals surface area contributed by atoms with Gasteiger partial charge in [0.05, 0.1) is 0 Å². The summed E-state index contributed by atoms with van der Waals surface area (Å²) in [6.45, 7) is 3.34. The molecule has 1 atom stereocenters. The van der Waals surface area contributed by atoms with Crippen LogP contribution >= 0.6 is 11.3 Å². The van der Waals surface area contributed by atoms with Crippen molar-refractivity contribution in [2.75, 3.05) is 12.8 Å². The molecule has 1 aliphatic rings. The van der Waals surface area contributed by atoms with Gasteiger partial charge in [-0.05, 0) is 32.7 Å². The van der Waals surface area contributed by atoms with Crippen LogP contribution < -0.4 is 5.73 Å². The highest BCUT2D eigenvalue weighted by molar-refractivity contribution is 7.15. The van der Waals surface area contributed by atoms with E-state index >= 15 is 0 Å². The molecule has 0 aromatic carbocycles. The molecule has 0 unspecified atom stereocenters. The number of rotatable bonds is 4. The average molecular weight is 253 g/mol. The van der Waals surface area contributed by atoms with Gasteiger partial charge < -0.3 is 5.73 Å². The summed E-state index contributed by atoms with van der Waals surface area (Å²) in [6, 6.07) is 0.665. The number of nitrogens with two attached hydrogens (primary N) is 1. The molecule has 1 aromatic rings. The fourth-order valence-electron chi connectivity index (χ4n) is 2.76. The molecule has 17 heavy (non-hydrogen) atoms. The van der Waals surface area contributed by atoms with Crippen LogP contribution in [0.5, 0.6) is 0 Å². The predicted octanol–water partition coefficient (Wildman–Crippen LogP) is 3.13. The molecule has 1 heterocycles. The van der Waals surface area contributed by atoms with E-state index in [0.717, 1.165) is 12.5 Å². The lowest BCUT2D eigenvalue weighted by molar-refractivity contribution is 0.152. The van der Waals surface area contributed by atoms with Crippen LogP contribution in [0.2, 0.25) is 0 Å². The van der Waals surface area contributed by atoms with Crippen LogP contribution in [0.1, 0.15) is 43.9 Å². The van der Waals surface area contributed by atoms with Crippen molar-refractivity contribution in [3.8, 4) is 0 Å². The van der Waals surface area contributed by atoms with E-state index in [9.17, 15) is 0 Å². The van der Waals surface area contributed by atoms with E-state index in [1.807, 2.05) is 6.20 Å². The number of anilines is 1. The summed E-state index contributed by atoms with van der Waals surface area (Å²) in [5, 5.41) is 0.679. The van der Waals surface area contributed by atoms with Gasteiger partial charge in [0, 0.05) is 23.7 Å². The van der Waals surface area contributed by atoms with Gasteiger partial charge in [-0.3, -0.25) is 4.90 Å². The second-order valence-electron chi connectivity index (χ2n) is 5.22. The lowest BCUT2D eigenvalue weighted by Gasteiger charge is -2.34. The van der Waals surface area contributed by atoms with Crippen molar-refractivity contribution in [2.24, 2.45) is 5.92 Å². The normalized spacial score (nSPS) is 19.7. The van der Waals surface area contributed by atoms with Crippen LogP contribution in [-0.4, -0.2) is 23.0 Å². The first-order valence-electron chi connectivity index (χ1n) is 6.57. The van der Waals surface area contributed by atoms with Crippen molar-refractivity contribution >= 4 is 16.5 Å². The monoisotopic (exact) mass is 253 g/mol. The molecule has 96 valence electrons. The van der Waals surface area contributed by atoms with Crippen LogP contribution in [0.25, 0.3) is 0 Å². The molecule has 1 aliphatic carbocycles. The third-order valence-electron chi connectivity index (χ3n) is 4.00. The number of hydrogen-bond donors (Lipinski definition) is 1. The third-order valence-corrected chi connectivity index (χ3v) is 4.82. The minimum absolute atomic E-state index is 0.665. The van der Waals surface area contributed by atoms with Gasteiger partial charge in [0.2, 0.25) is 0 Å². The topological polar surface area (TPSA) is 42.2 Å². The van der Waals surface area contributed by atoms with E-state index in [0.29, 0.717) is 11.2 Å². The van der Waals surface area contributed by atoms with Crippen molar-refractivity contribution < 1.29 is 0 Å². The summed E-state index contributed by atoms with van der Waals surface area (Å²) in [6.07, 6.45) is 8.96. The molecule has 2 N–H and O–H groups in total. The van der Waals surface area contributed by atoms with Crippen molar-refractivity contribution in [1.82, 2.24) is 9.88 Å². The smallest absolute Gasteiger partial charge is 0.180 e. The third kappa shape index (κ3) is 3.42. The Morgan fingerprint density at radius 1 is 1.47 bits per heavy atom. The van der Waals surface area contributed by atoms with E-state index in [-0.39, 0.29) is 0 Å². The number of nitrogen functional groups attached to an aromatic ring is 1. The minimum atomic E-state index is 0.665. The molecule has 2 rings (SSSR count). The molecule has 1 fully saturated rings. The van der Waals surface area contributed by atoms with Gasteiger partial charge in [-0.15, -0.1) is 11.3 Å². The van der Waals surface area contributed by atoms with E-state index in [4.69, 9.17) is 5.73 Å². The summed E-state index contributed by atoms with van der Waals surface area (Å²) in [4.78, 5) is 7.83. The molecular weight excluding hydrogens is 230 g/mol. The fourth-order valence-corrected chi connectivity index (χ4v) is 3.51. The summed E-state index contributed by atoms with van der Waals surface area (Å²) in [7, 11) is 2.22. The number of thiazole rings is 1. The standard InChI is InChI=1S/C13H23N3S/c1-10(11-6-4-3-5-7-11)16(2)9-12-8-15-13(14)17-12/h8,10-11H,3-7,9H2,1-2H3,(H2,14,15)/t10-/m0/s1. The van der Waals surface area contributed by atoms with Crippen LogP contribution in [-0.2, 0) is 6.54 Å². The molecule has 1 aromatic heterocycles. The lowest BCUT2D eigenvalue weighted by atomic mass is 9.84. The Bertz CT molecular complexity index is 344. The maximum atomic E-state index is 5.66. The molecule has 4 heteroatoms. The summed E-state index contributed by atoms with van der Waals surface area (Å²) < 4.78 is 0. The second-order valence-corrected chi connectivity index (χ2v) is 6.37. The van der Waals surface area contributed by atoms with Gasteiger partial charge in [-0.2, -0.15) is 0 Å². The van der Waals surface area contributed by atoms with Gasteiger partial charge in [0.1, 0.15) is 0 Å². The van der Waals surface area contributed by atoms with Crippen LogP contribution in [0.3, 0.4) is 0 Å². The van der Waals surface area contributed by atoms with Crippen LogP contribution in [0.4, 0.5) is 5.13 Å². The van der Waals surface area contributed by atoms with Gasteiger partial charge in [0.25, 0.3) is 0 Å². The summed E-state index contributed by atoms with van der Waals surface area (Å²) in [5.41, 5.74) is 5.66. The highest BCUT2D eigenvalue weighted by atomic mass is 32.1. The van der Waals surface area contributed by atoms with Gasteiger partial charge in [-0.1, -0.05) is 19.3 Å². The quantitative estimate of drug-likeness (QED) is 0.896. The summed E-state index contributed by atoms with van der Waals surface area (Å²) >= 11 is 1.61.